The van der Waals surface area contributed by atoms with Gasteiger partial charge in [-0.05, 0) is 30.9 Å². The minimum atomic E-state index is -3.27. The molecule has 2 rings (SSSR count). The molecule has 4 nitrogen and oxygen atoms in total. The normalized spacial score (nSPS) is 20.2. The summed E-state index contributed by atoms with van der Waals surface area (Å²) in [7, 11) is -3.27. The molecule has 1 aromatic rings. The fraction of sp³-hybridized carbons (Fsp3) is 0.538. The van der Waals surface area contributed by atoms with Crippen molar-refractivity contribution in [1.29, 1.82) is 0 Å². The van der Waals surface area contributed by atoms with Crippen molar-refractivity contribution in [3.8, 4) is 0 Å². The first-order chi connectivity index (χ1) is 8.57. The molecule has 0 unspecified atom stereocenters. The van der Waals surface area contributed by atoms with Crippen molar-refractivity contribution in [2.24, 2.45) is 0 Å². The van der Waals surface area contributed by atoms with Gasteiger partial charge in [0.25, 0.3) is 0 Å². The van der Waals surface area contributed by atoms with Crippen LogP contribution in [0.25, 0.3) is 0 Å². The highest BCUT2D eigenvalue weighted by atomic mass is 32.2. The summed E-state index contributed by atoms with van der Waals surface area (Å²) in [5, 5.41) is 0. The Bertz CT molecular complexity index is 493. The lowest BCUT2D eigenvalue weighted by molar-refractivity contribution is 0.114. The van der Waals surface area contributed by atoms with Gasteiger partial charge in [-0.1, -0.05) is 24.3 Å². The lowest BCUT2D eigenvalue weighted by Gasteiger charge is -2.12. The van der Waals surface area contributed by atoms with Crippen LogP contribution in [0, 0.1) is 6.92 Å². The van der Waals surface area contributed by atoms with Gasteiger partial charge in [-0.15, -0.1) is 0 Å². The Balaban J connectivity index is 1.92. The van der Waals surface area contributed by atoms with Crippen molar-refractivity contribution in [1.82, 2.24) is 4.72 Å². The van der Waals surface area contributed by atoms with Crippen molar-refractivity contribution in [3.05, 3.63) is 35.4 Å². The van der Waals surface area contributed by atoms with Crippen LogP contribution in [0.15, 0.2) is 24.3 Å². The van der Waals surface area contributed by atoms with Gasteiger partial charge in [-0.3, -0.25) is 0 Å². The number of nitrogens with one attached hydrogen (secondary N) is 1. The van der Waals surface area contributed by atoms with E-state index in [2.05, 4.69) is 4.72 Å². The average molecular weight is 269 g/mol. The lowest BCUT2D eigenvalue weighted by atomic mass is 10.1. The Kier molecular flexibility index (Phi) is 4.37. The topological polar surface area (TPSA) is 55.4 Å². The number of hydrogen-bond acceptors (Lipinski definition) is 3. The number of aryl methyl sites for hydroxylation is 1. The summed E-state index contributed by atoms with van der Waals surface area (Å²) in [6, 6.07) is 7.54. The Morgan fingerprint density at radius 3 is 2.83 bits per heavy atom. The third kappa shape index (κ3) is 3.80. The molecule has 0 spiro atoms. The van der Waals surface area contributed by atoms with Gasteiger partial charge in [-0.25, -0.2) is 13.1 Å². The van der Waals surface area contributed by atoms with E-state index in [1.807, 2.05) is 31.2 Å². The van der Waals surface area contributed by atoms with Crippen molar-refractivity contribution >= 4 is 10.0 Å². The van der Waals surface area contributed by atoms with E-state index in [0.29, 0.717) is 6.54 Å². The first kappa shape index (κ1) is 13.5. The second-order valence-electron chi connectivity index (χ2n) is 4.67. The van der Waals surface area contributed by atoms with Crippen LogP contribution in [-0.2, 0) is 20.5 Å². The van der Waals surface area contributed by atoms with Gasteiger partial charge in [0.15, 0.2) is 0 Å². The van der Waals surface area contributed by atoms with Gasteiger partial charge in [0.1, 0.15) is 0 Å². The molecule has 1 saturated heterocycles. The maximum absolute atomic E-state index is 11.9. The monoisotopic (exact) mass is 269 g/mol. The Labute approximate surface area is 108 Å². The van der Waals surface area contributed by atoms with Gasteiger partial charge in [0.05, 0.1) is 11.9 Å². The molecular weight excluding hydrogens is 250 g/mol. The first-order valence-corrected chi connectivity index (χ1v) is 7.85. The fourth-order valence-corrected chi connectivity index (χ4v) is 3.33. The standard InChI is InChI=1S/C13H19NO3S/c1-11-5-2-3-6-12(11)10-18(15,16)14-9-13-7-4-8-17-13/h2-3,5-6,13-14H,4,7-10H2,1H3/t13-/m1/s1. The molecule has 1 aromatic carbocycles. The molecule has 0 radical (unpaired) electrons. The van der Waals surface area contributed by atoms with Gasteiger partial charge < -0.3 is 4.74 Å². The zero-order valence-corrected chi connectivity index (χ0v) is 11.4. The summed E-state index contributed by atoms with van der Waals surface area (Å²) >= 11 is 0. The Hall–Kier alpha value is -0.910. The molecule has 1 heterocycles. The highest BCUT2D eigenvalue weighted by Gasteiger charge is 2.19. The molecule has 1 atom stereocenters. The van der Waals surface area contributed by atoms with Crippen LogP contribution < -0.4 is 4.72 Å². The molecule has 0 amide bonds. The molecule has 5 heteroatoms. The smallest absolute Gasteiger partial charge is 0.215 e. The highest BCUT2D eigenvalue weighted by molar-refractivity contribution is 7.88. The Morgan fingerprint density at radius 1 is 1.39 bits per heavy atom. The van der Waals surface area contributed by atoms with Crippen LogP contribution >= 0.6 is 0 Å². The summed E-state index contributed by atoms with van der Waals surface area (Å²) < 4.78 is 31.9. The summed E-state index contributed by atoms with van der Waals surface area (Å²) in [4.78, 5) is 0. The largest absolute Gasteiger partial charge is 0.377 e. The average Bonchev–Trinajstić information content (AvgIpc) is 2.83. The zero-order valence-electron chi connectivity index (χ0n) is 10.6. The van der Waals surface area contributed by atoms with Crippen LogP contribution in [0.4, 0.5) is 0 Å². The zero-order chi connectivity index (χ0) is 13.0. The molecule has 0 saturated carbocycles. The van der Waals surface area contributed by atoms with Crippen molar-refractivity contribution < 1.29 is 13.2 Å². The first-order valence-electron chi connectivity index (χ1n) is 6.20. The molecule has 1 aliphatic heterocycles. The Morgan fingerprint density at radius 2 is 2.17 bits per heavy atom. The molecule has 1 aliphatic rings. The van der Waals surface area contributed by atoms with Crippen LogP contribution in [-0.4, -0.2) is 27.7 Å². The number of benzene rings is 1. The van der Waals surface area contributed by atoms with Crippen LogP contribution in [0.1, 0.15) is 24.0 Å². The molecule has 100 valence electrons. The second-order valence-corrected chi connectivity index (χ2v) is 6.48. The summed E-state index contributed by atoms with van der Waals surface area (Å²) in [5.74, 6) is 0.0341. The van der Waals surface area contributed by atoms with E-state index in [0.717, 1.165) is 30.6 Å². The minimum Gasteiger partial charge on any atom is -0.377 e. The van der Waals surface area contributed by atoms with E-state index >= 15 is 0 Å². The van der Waals surface area contributed by atoms with Gasteiger partial charge >= 0.3 is 0 Å². The summed E-state index contributed by atoms with van der Waals surface area (Å²) in [6.45, 7) is 3.04. The van der Waals surface area contributed by atoms with E-state index < -0.39 is 10.0 Å². The van der Waals surface area contributed by atoms with Crippen molar-refractivity contribution in [2.45, 2.75) is 31.6 Å². The van der Waals surface area contributed by atoms with Crippen LogP contribution in [0.3, 0.4) is 0 Å². The number of rotatable bonds is 5. The van der Waals surface area contributed by atoms with Crippen molar-refractivity contribution in [2.75, 3.05) is 13.2 Å². The maximum Gasteiger partial charge on any atom is 0.215 e. The molecule has 0 aliphatic carbocycles. The third-order valence-electron chi connectivity index (χ3n) is 3.16. The predicted molar refractivity (Wildman–Crippen MR) is 70.8 cm³/mol. The van der Waals surface area contributed by atoms with Gasteiger partial charge in [0, 0.05) is 13.2 Å². The van der Waals surface area contributed by atoms with Crippen molar-refractivity contribution in [3.63, 3.8) is 0 Å². The minimum absolute atomic E-state index is 0.0341. The molecular formula is C13H19NO3S. The number of sulfonamides is 1. The molecule has 1 fully saturated rings. The van der Waals surface area contributed by atoms with Gasteiger partial charge in [0.2, 0.25) is 10.0 Å². The second kappa shape index (κ2) is 5.82. The van der Waals surface area contributed by atoms with E-state index in [-0.39, 0.29) is 11.9 Å². The lowest BCUT2D eigenvalue weighted by Crippen LogP contribution is -2.32. The van der Waals surface area contributed by atoms with E-state index in [1.54, 1.807) is 0 Å². The number of hydrogen-bond donors (Lipinski definition) is 1. The highest BCUT2D eigenvalue weighted by Crippen LogP contribution is 2.13. The maximum atomic E-state index is 11.9. The fourth-order valence-electron chi connectivity index (χ4n) is 2.05. The third-order valence-corrected chi connectivity index (χ3v) is 4.46. The van der Waals surface area contributed by atoms with E-state index in [4.69, 9.17) is 4.74 Å². The quantitative estimate of drug-likeness (QED) is 0.883. The predicted octanol–water partition coefficient (Wildman–Crippen LogP) is 1.59. The van der Waals surface area contributed by atoms with Gasteiger partial charge in [-0.2, -0.15) is 0 Å². The van der Waals surface area contributed by atoms with E-state index in [9.17, 15) is 8.42 Å². The molecule has 1 N–H and O–H groups in total. The van der Waals surface area contributed by atoms with E-state index in [1.165, 1.54) is 0 Å². The van der Waals surface area contributed by atoms with Crippen LogP contribution in [0.5, 0.6) is 0 Å². The SMILES string of the molecule is Cc1ccccc1CS(=O)(=O)NC[C@H]1CCCO1. The van der Waals surface area contributed by atoms with Crippen LogP contribution in [0.2, 0.25) is 0 Å². The molecule has 0 bridgehead atoms. The molecule has 18 heavy (non-hydrogen) atoms. The number of ether oxygens (including phenoxy) is 1. The summed E-state index contributed by atoms with van der Waals surface area (Å²) in [5.41, 5.74) is 1.84. The summed E-state index contributed by atoms with van der Waals surface area (Å²) in [6.07, 6.45) is 1.99. The molecule has 0 aromatic heterocycles.